The molecule has 2 heterocycles. The molecule has 0 amide bonds. The van der Waals surface area contributed by atoms with E-state index in [1.165, 1.54) is 15.9 Å². The number of aromatic hydroxyl groups is 1. The van der Waals surface area contributed by atoms with E-state index >= 15 is 0 Å². The molecule has 1 aromatic heterocycles. The molecular formula is C26H25BrN2O6S. The highest BCUT2D eigenvalue weighted by molar-refractivity contribution is 9.10. The second kappa shape index (κ2) is 10.7. The second-order valence-electron chi connectivity index (χ2n) is 7.86. The highest BCUT2D eigenvalue weighted by atomic mass is 79.9. The van der Waals surface area contributed by atoms with Crippen molar-refractivity contribution in [2.75, 3.05) is 20.3 Å². The number of phenolic OH excluding ortho intramolecular Hbond substituents is 1. The van der Waals surface area contributed by atoms with Gasteiger partial charge in [0.1, 0.15) is 5.75 Å². The van der Waals surface area contributed by atoms with Crippen LogP contribution in [-0.2, 0) is 9.53 Å². The van der Waals surface area contributed by atoms with Crippen molar-refractivity contribution in [3.8, 4) is 17.2 Å². The van der Waals surface area contributed by atoms with Crippen LogP contribution in [0.5, 0.6) is 17.2 Å². The van der Waals surface area contributed by atoms with E-state index in [0.29, 0.717) is 43.2 Å². The van der Waals surface area contributed by atoms with Gasteiger partial charge in [-0.25, -0.2) is 9.79 Å². The number of rotatable bonds is 7. The molecule has 188 valence electrons. The topological polar surface area (TPSA) is 99.4 Å². The Morgan fingerprint density at radius 2 is 1.97 bits per heavy atom. The van der Waals surface area contributed by atoms with Crippen molar-refractivity contribution in [2.45, 2.75) is 26.8 Å². The quantitative estimate of drug-likeness (QED) is 0.434. The van der Waals surface area contributed by atoms with Crippen LogP contribution in [0.2, 0.25) is 0 Å². The fraction of sp³-hybridized carbons (Fsp3) is 0.269. The van der Waals surface area contributed by atoms with Gasteiger partial charge >= 0.3 is 5.97 Å². The predicted molar refractivity (Wildman–Crippen MR) is 140 cm³/mol. The van der Waals surface area contributed by atoms with Gasteiger partial charge in [-0.2, -0.15) is 0 Å². The number of hydrogen-bond donors (Lipinski definition) is 1. The molecule has 1 aliphatic rings. The average Bonchev–Trinajstić information content (AvgIpc) is 3.15. The van der Waals surface area contributed by atoms with Crippen LogP contribution in [0.25, 0.3) is 6.08 Å². The van der Waals surface area contributed by atoms with Crippen LogP contribution in [0.4, 0.5) is 0 Å². The summed E-state index contributed by atoms with van der Waals surface area (Å²) in [5.74, 6) is 0.623. The molecule has 1 N–H and O–H groups in total. The summed E-state index contributed by atoms with van der Waals surface area (Å²) in [5, 5.41) is 9.80. The van der Waals surface area contributed by atoms with Gasteiger partial charge < -0.3 is 19.3 Å². The van der Waals surface area contributed by atoms with Gasteiger partial charge in [0.05, 0.1) is 46.6 Å². The summed E-state index contributed by atoms with van der Waals surface area (Å²) in [4.78, 5) is 31.8. The van der Waals surface area contributed by atoms with E-state index in [1.54, 1.807) is 63.4 Å². The lowest BCUT2D eigenvalue weighted by molar-refractivity contribution is -0.139. The fourth-order valence-corrected chi connectivity index (χ4v) is 5.45. The standard InChI is InChI=1S/C26H25BrN2O6S/c1-5-34-20-13-16(8-10-19(20)33-4)23-22(25(32)35-6-2)14(3)28-26-29(23)24(31)21(36-26)12-15-7-9-18(30)17(27)11-15/h7-13,23,30H,5-6H2,1-4H3/b21-12+. The molecule has 2 aromatic carbocycles. The molecule has 3 aromatic rings. The van der Waals surface area contributed by atoms with Crippen molar-refractivity contribution in [3.63, 3.8) is 0 Å². The average molecular weight is 573 g/mol. The highest BCUT2D eigenvalue weighted by Gasteiger charge is 2.34. The minimum atomic E-state index is -0.765. The highest BCUT2D eigenvalue weighted by Crippen LogP contribution is 2.36. The number of halogens is 1. The van der Waals surface area contributed by atoms with E-state index in [9.17, 15) is 14.7 Å². The zero-order valence-corrected chi connectivity index (χ0v) is 22.6. The number of carbonyl (C=O) groups excluding carboxylic acids is 1. The Hall–Kier alpha value is -3.37. The van der Waals surface area contributed by atoms with Crippen molar-refractivity contribution in [3.05, 3.63) is 83.0 Å². The van der Waals surface area contributed by atoms with Gasteiger partial charge in [0.25, 0.3) is 5.56 Å². The Labute approximate surface area is 219 Å². The Morgan fingerprint density at radius 1 is 1.19 bits per heavy atom. The van der Waals surface area contributed by atoms with Crippen molar-refractivity contribution in [2.24, 2.45) is 4.99 Å². The van der Waals surface area contributed by atoms with E-state index in [-0.39, 0.29) is 23.5 Å². The number of methoxy groups -OCH3 is 1. The van der Waals surface area contributed by atoms with E-state index in [0.717, 1.165) is 5.56 Å². The Bertz CT molecular complexity index is 1540. The summed E-state index contributed by atoms with van der Waals surface area (Å²) in [6, 6.07) is 9.55. The van der Waals surface area contributed by atoms with Crippen molar-refractivity contribution >= 4 is 39.3 Å². The predicted octanol–water partition coefficient (Wildman–Crippen LogP) is 3.67. The number of carbonyl (C=O) groups is 1. The van der Waals surface area contributed by atoms with Gasteiger partial charge in [0.15, 0.2) is 16.3 Å². The summed E-state index contributed by atoms with van der Waals surface area (Å²) >= 11 is 4.53. The molecule has 0 fully saturated rings. The minimum absolute atomic E-state index is 0.105. The summed E-state index contributed by atoms with van der Waals surface area (Å²) in [7, 11) is 1.55. The summed E-state index contributed by atoms with van der Waals surface area (Å²) in [5.41, 5.74) is 1.86. The Morgan fingerprint density at radius 3 is 2.64 bits per heavy atom. The summed E-state index contributed by atoms with van der Waals surface area (Å²) < 4.78 is 19.0. The molecular weight excluding hydrogens is 548 g/mol. The number of ether oxygens (including phenoxy) is 3. The van der Waals surface area contributed by atoms with Gasteiger partial charge in [-0.05, 0) is 78.2 Å². The third-order valence-corrected chi connectivity index (χ3v) is 7.21. The molecule has 36 heavy (non-hydrogen) atoms. The molecule has 0 saturated carbocycles. The zero-order valence-electron chi connectivity index (χ0n) is 20.2. The number of fused-ring (bicyclic) bond motifs is 1. The lowest BCUT2D eigenvalue weighted by Crippen LogP contribution is -2.40. The van der Waals surface area contributed by atoms with Crippen molar-refractivity contribution < 1.29 is 24.1 Å². The third-order valence-electron chi connectivity index (χ3n) is 5.59. The molecule has 10 heteroatoms. The number of aromatic nitrogens is 1. The first-order chi connectivity index (χ1) is 17.3. The molecule has 0 radical (unpaired) electrons. The van der Waals surface area contributed by atoms with Crippen LogP contribution in [0, 0.1) is 0 Å². The first-order valence-electron chi connectivity index (χ1n) is 11.3. The molecule has 8 nitrogen and oxygen atoms in total. The maximum Gasteiger partial charge on any atom is 0.338 e. The minimum Gasteiger partial charge on any atom is -0.507 e. The third kappa shape index (κ3) is 4.83. The second-order valence-corrected chi connectivity index (χ2v) is 9.72. The molecule has 4 rings (SSSR count). The molecule has 0 spiro atoms. The number of allylic oxidation sites excluding steroid dienone is 1. The maximum absolute atomic E-state index is 13.7. The Balaban J connectivity index is 1.96. The smallest absolute Gasteiger partial charge is 0.338 e. The van der Waals surface area contributed by atoms with Crippen molar-refractivity contribution in [1.82, 2.24) is 4.57 Å². The first kappa shape index (κ1) is 25.7. The lowest BCUT2D eigenvalue weighted by atomic mass is 9.95. The molecule has 1 aliphatic heterocycles. The van der Waals surface area contributed by atoms with Gasteiger partial charge in [0.2, 0.25) is 0 Å². The van der Waals surface area contributed by atoms with Crippen LogP contribution >= 0.6 is 27.3 Å². The number of hydrogen-bond acceptors (Lipinski definition) is 8. The monoisotopic (exact) mass is 572 g/mol. The van der Waals surface area contributed by atoms with E-state index in [2.05, 4.69) is 20.9 Å². The molecule has 1 atom stereocenters. The van der Waals surface area contributed by atoms with Crippen LogP contribution in [0.1, 0.15) is 37.9 Å². The van der Waals surface area contributed by atoms with Crippen molar-refractivity contribution in [1.29, 1.82) is 0 Å². The number of phenols is 1. The normalized spacial score (nSPS) is 15.4. The molecule has 0 aliphatic carbocycles. The van der Waals surface area contributed by atoms with Gasteiger partial charge in [-0.1, -0.05) is 23.5 Å². The SMILES string of the molecule is CCOC(=O)C1=C(C)N=c2s/c(=C/c3ccc(O)c(Br)c3)c(=O)n2C1c1ccc(OC)c(OCC)c1. The van der Waals surface area contributed by atoms with Gasteiger partial charge in [-0.3, -0.25) is 9.36 Å². The molecule has 0 bridgehead atoms. The van der Waals surface area contributed by atoms with E-state index in [4.69, 9.17) is 14.2 Å². The largest absolute Gasteiger partial charge is 0.507 e. The number of nitrogens with zero attached hydrogens (tertiary/aromatic N) is 2. The fourth-order valence-electron chi connectivity index (χ4n) is 4.00. The number of thiazole rings is 1. The molecule has 1 unspecified atom stereocenters. The van der Waals surface area contributed by atoms with Crippen LogP contribution in [0.15, 0.2) is 61.9 Å². The molecule has 0 saturated heterocycles. The number of benzene rings is 2. The van der Waals surface area contributed by atoms with Crippen LogP contribution in [-0.4, -0.2) is 36.0 Å². The van der Waals surface area contributed by atoms with Gasteiger partial charge in [-0.15, -0.1) is 0 Å². The lowest BCUT2D eigenvalue weighted by Gasteiger charge is -2.25. The van der Waals surface area contributed by atoms with E-state index in [1.807, 2.05) is 6.92 Å². The summed E-state index contributed by atoms with van der Waals surface area (Å²) in [6.45, 7) is 5.94. The van der Waals surface area contributed by atoms with Crippen LogP contribution in [0.3, 0.4) is 0 Å². The summed E-state index contributed by atoms with van der Waals surface area (Å²) in [6.07, 6.45) is 1.73. The maximum atomic E-state index is 13.7. The van der Waals surface area contributed by atoms with E-state index < -0.39 is 12.0 Å². The first-order valence-corrected chi connectivity index (χ1v) is 12.9. The zero-order chi connectivity index (χ0) is 26.0. The van der Waals surface area contributed by atoms with Crippen LogP contribution < -0.4 is 24.4 Å². The van der Waals surface area contributed by atoms with Gasteiger partial charge in [0, 0.05) is 0 Å². The Kier molecular flexibility index (Phi) is 7.65. The number of esters is 1.